The smallest absolute Gasteiger partial charge is 0.317 e. The Balaban J connectivity index is 1.79. The van der Waals surface area contributed by atoms with Crippen molar-refractivity contribution < 1.29 is 14.7 Å². The molecule has 19 heavy (non-hydrogen) atoms. The van der Waals surface area contributed by atoms with Crippen molar-refractivity contribution in [2.45, 2.75) is 25.8 Å². The summed E-state index contributed by atoms with van der Waals surface area (Å²) < 4.78 is 0. The molecule has 2 heterocycles. The third kappa shape index (κ3) is 3.18. The molecule has 2 N–H and O–H groups in total. The van der Waals surface area contributed by atoms with Gasteiger partial charge in [-0.05, 0) is 32.4 Å². The lowest BCUT2D eigenvalue weighted by Crippen LogP contribution is -2.44. The maximum absolute atomic E-state index is 12.0. The Kier molecular flexibility index (Phi) is 4.29. The SMILES string of the molecule is CC1CN(C(=O)NCC2CCCN2C)CC1C(=O)O. The molecule has 2 aliphatic rings. The summed E-state index contributed by atoms with van der Waals surface area (Å²) in [6.45, 7) is 4.48. The number of carbonyl (C=O) groups is 2. The van der Waals surface area contributed by atoms with E-state index in [1.54, 1.807) is 4.90 Å². The molecule has 0 saturated carbocycles. The van der Waals surface area contributed by atoms with Crippen molar-refractivity contribution in [2.24, 2.45) is 11.8 Å². The van der Waals surface area contributed by atoms with Crippen LogP contribution in [0, 0.1) is 11.8 Å². The second-order valence-corrected chi connectivity index (χ2v) is 5.79. The first-order valence-electron chi connectivity index (χ1n) is 6.95. The fraction of sp³-hybridized carbons (Fsp3) is 0.846. The molecule has 2 aliphatic heterocycles. The van der Waals surface area contributed by atoms with Gasteiger partial charge in [0.25, 0.3) is 0 Å². The van der Waals surface area contributed by atoms with Crippen LogP contribution in [-0.2, 0) is 4.79 Å². The summed E-state index contributed by atoms with van der Waals surface area (Å²) in [5.41, 5.74) is 0. The zero-order valence-corrected chi connectivity index (χ0v) is 11.6. The zero-order valence-electron chi connectivity index (χ0n) is 11.6. The average molecular weight is 269 g/mol. The predicted molar refractivity (Wildman–Crippen MR) is 70.9 cm³/mol. The van der Waals surface area contributed by atoms with Crippen molar-refractivity contribution in [1.82, 2.24) is 15.1 Å². The first-order valence-corrected chi connectivity index (χ1v) is 6.95. The summed E-state index contributed by atoms with van der Waals surface area (Å²) in [6.07, 6.45) is 2.30. The number of nitrogens with one attached hydrogen (secondary N) is 1. The van der Waals surface area contributed by atoms with Crippen molar-refractivity contribution in [2.75, 3.05) is 33.2 Å². The molecular formula is C13H23N3O3. The number of amides is 2. The highest BCUT2D eigenvalue weighted by atomic mass is 16.4. The van der Waals surface area contributed by atoms with Gasteiger partial charge in [-0.3, -0.25) is 4.79 Å². The van der Waals surface area contributed by atoms with Crippen LogP contribution in [0.25, 0.3) is 0 Å². The Morgan fingerprint density at radius 1 is 1.37 bits per heavy atom. The molecule has 2 amide bonds. The van der Waals surface area contributed by atoms with E-state index >= 15 is 0 Å². The average Bonchev–Trinajstić information content (AvgIpc) is 2.92. The van der Waals surface area contributed by atoms with Gasteiger partial charge >= 0.3 is 12.0 Å². The highest BCUT2D eigenvalue weighted by molar-refractivity contribution is 5.77. The number of aliphatic carboxylic acids is 1. The summed E-state index contributed by atoms with van der Waals surface area (Å²) in [6, 6.07) is 0.287. The zero-order chi connectivity index (χ0) is 14.0. The molecule has 3 unspecified atom stereocenters. The molecule has 6 heteroatoms. The van der Waals surface area contributed by atoms with Gasteiger partial charge in [-0.15, -0.1) is 0 Å². The van der Waals surface area contributed by atoms with E-state index in [0.717, 1.165) is 13.0 Å². The van der Waals surface area contributed by atoms with Gasteiger partial charge in [0.2, 0.25) is 0 Å². The van der Waals surface area contributed by atoms with E-state index in [0.29, 0.717) is 25.7 Å². The third-order valence-corrected chi connectivity index (χ3v) is 4.38. The Bertz CT molecular complexity index is 361. The van der Waals surface area contributed by atoms with Crippen molar-refractivity contribution in [1.29, 1.82) is 0 Å². The maximum atomic E-state index is 12.0. The number of rotatable bonds is 3. The first kappa shape index (κ1) is 14.1. The molecule has 3 atom stereocenters. The molecule has 6 nitrogen and oxygen atoms in total. The van der Waals surface area contributed by atoms with Gasteiger partial charge in [0.15, 0.2) is 0 Å². The molecule has 0 aliphatic carbocycles. The standard InChI is InChI=1S/C13H23N3O3/c1-9-7-16(8-11(9)12(17)18)13(19)14-6-10-4-3-5-15(10)2/h9-11H,3-8H2,1-2H3,(H,14,19)(H,17,18). The molecular weight excluding hydrogens is 246 g/mol. The van der Waals surface area contributed by atoms with E-state index in [-0.39, 0.29) is 11.9 Å². The van der Waals surface area contributed by atoms with Gasteiger partial charge in [-0.25, -0.2) is 4.79 Å². The molecule has 0 aromatic heterocycles. The quantitative estimate of drug-likeness (QED) is 0.780. The molecule has 0 bridgehead atoms. The predicted octanol–water partition coefficient (Wildman–Crippen LogP) is 0.443. The van der Waals surface area contributed by atoms with Crippen molar-refractivity contribution in [3.63, 3.8) is 0 Å². The Hall–Kier alpha value is -1.30. The number of carbonyl (C=O) groups excluding carboxylic acids is 1. The van der Waals surface area contributed by atoms with Crippen LogP contribution in [-0.4, -0.2) is 66.2 Å². The minimum atomic E-state index is -0.807. The highest BCUT2D eigenvalue weighted by Gasteiger charge is 2.37. The summed E-state index contributed by atoms with van der Waals surface area (Å²) in [5.74, 6) is -1.21. The molecule has 2 saturated heterocycles. The monoisotopic (exact) mass is 269 g/mol. The van der Waals surface area contributed by atoms with Crippen LogP contribution in [0.1, 0.15) is 19.8 Å². The Morgan fingerprint density at radius 3 is 2.63 bits per heavy atom. The molecule has 2 rings (SSSR count). The Labute approximate surface area is 113 Å². The lowest BCUT2D eigenvalue weighted by molar-refractivity contribution is -0.142. The molecule has 0 spiro atoms. The lowest BCUT2D eigenvalue weighted by Gasteiger charge is -2.22. The fourth-order valence-corrected chi connectivity index (χ4v) is 3.01. The van der Waals surface area contributed by atoms with E-state index in [9.17, 15) is 9.59 Å². The van der Waals surface area contributed by atoms with Gasteiger partial charge in [0.1, 0.15) is 0 Å². The fourth-order valence-electron chi connectivity index (χ4n) is 3.01. The topological polar surface area (TPSA) is 72.9 Å². The first-order chi connectivity index (χ1) is 8.99. The number of urea groups is 1. The molecule has 2 fully saturated rings. The van der Waals surface area contributed by atoms with Gasteiger partial charge in [-0.1, -0.05) is 6.92 Å². The summed E-state index contributed by atoms with van der Waals surface area (Å²) in [5, 5.41) is 12.0. The van der Waals surface area contributed by atoms with E-state index in [1.807, 2.05) is 6.92 Å². The molecule has 0 radical (unpaired) electrons. The van der Waals surface area contributed by atoms with Crippen LogP contribution in [0.15, 0.2) is 0 Å². The second kappa shape index (κ2) is 5.77. The number of nitrogens with zero attached hydrogens (tertiary/aromatic N) is 2. The van der Waals surface area contributed by atoms with Gasteiger partial charge in [0, 0.05) is 25.7 Å². The van der Waals surface area contributed by atoms with E-state index < -0.39 is 11.9 Å². The minimum Gasteiger partial charge on any atom is -0.481 e. The van der Waals surface area contributed by atoms with Crippen LogP contribution in [0.5, 0.6) is 0 Å². The third-order valence-electron chi connectivity index (χ3n) is 4.38. The highest BCUT2D eigenvalue weighted by Crippen LogP contribution is 2.23. The summed E-state index contributed by atoms with van der Waals surface area (Å²) >= 11 is 0. The number of likely N-dealkylation sites (tertiary alicyclic amines) is 2. The van der Waals surface area contributed by atoms with Crippen LogP contribution in [0.4, 0.5) is 4.79 Å². The second-order valence-electron chi connectivity index (χ2n) is 5.79. The van der Waals surface area contributed by atoms with E-state index in [2.05, 4.69) is 17.3 Å². The van der Waals surface area contributed by atoms with Crippen LogP contribution in [0.3, 0.4) is 0 Å². The van der Waals surface area contributed by atoms with Crippen LogP contribution < -0.4 is 5.32 Å². The van der Waals surface area contributed by atoms with Gasteiger partial charge in [-0.2, -0.15) is 0 Å². The number of likely N-dealkylation sites (N-methyl/N-ethyl adjacent to an activating group) is 1. The molecule has 108 valence electrons. The number of hydrogen-bond donors (Lipinski definition) is 2. The van der Waals surface area contributed by atoms with Crippen LogP contribution in [0.2, 0.25) is 0 Å². The maximum Gasteiger partial charge on any atom is 0.317 e. The van der Waals surface area contributed by atoms with E-state index in [4.69, 9.17) is 5.11 Å². The number of hydrogen-bond acceptors (Lipinski definition) is 3. The number of carboxylic acids is 1. The van der Waals surface area contributed by atoms with Crippen LogP contribution >= 0.6 is 0 Å². The molecule has 0 aromatic rings. The van der Waals surface area contributed by atoms with Gasteiger partial charge < -0.3 is 20.2 Å². The van der Waals surface area contributed by atoms with Crippen molar-refractivity contribution >= 4 is 12.0 Å². The van der Waals surface area contributed by atoms with Crippen molar-refractivity contribution in [3.8, 4) is 0 Å². The molecule has 0 aromatic carbocycles. The number of carboxylic acid groups (broad SMARTS) is 1. The summed E-state index contributed by atoms with van der Waals surface area (Å²) in [4.78, 5) is 26.9. The van der Waals surface area contributed by atoms with Gasteiger partial charge in [0.05, 0.1) is 5.92 Å². The minimum absolute atomic E-state index is 0.0254. The Morgan fingerprint density at radius 2 is 2.11 bits per heavy atom. The van der Waals surface area contributed by atoms with E-state index in [1.165, 1.54) is 6.42 Å². The lowest BCUT2D eigenvalue weighted by atomic mass is 9.99. The van der Waals surface area contributed by atoms with Crippen molar-refractivity contribution in [3.05, 3.63) is 0 Å². The normalized spacial score (nSPS) is 31.7. The summed E-state index contributed by atoms with van der Waals surface area (Å²) in [7, 11) is 2.07. The largest absolute Gasteiger partial charge is 0.481 e.